The molecular weight excluding hydrogens is 609 g/mol. The van der Waals surface area contributed by atoms with Gasteiger partial charge in [0.2, 0.25) is 0 Å². The molecule has 0 saturated carbocycles. The van der Waals surface area contributed by atoms with Gasteiger partial charge in [0.05, 0.1) is 8.95 Å². The SMILES string of the molecule is O=C(O)CN1C2=C(C(=O)CCC2)C(c2cc(Br)c(OCc3ccc(F)cc3)c(Br)c2)C2=C1CCCC2=O. The molecule has 6 nitrogen and oxygen atoms in total. The van der Waals surface area contributed by atoms with Crippen molar-refractivity contribution in [1.29, 1.82) is 0 Å². The second-order valence-electron chi connectivity index (χ2n) is 9.42. The predicted octanol–water partition coefficient (Wildman–Crippen LogP) is 6.43. The normalized spacial score (nSPS) is 18.2. The van der Waals surface area contributed by atoms with Crippen molar-refractivity contribution in [3.63, 3.8) is 0 Å². The monoisotopic (exact) mass is 631 g/mol. The summed E-state index contributed by atoms with van der Waals surface area (Å²) in [6, 6.07) is 9.79. The van der Waals surface area contributed by atoms with Gasteiger partial charge in [-0.1, -0.05) is 12.1 Å². The fourth-order valence-corrected chi connectivity index (χ4v) is 6.95. The highest BCUT2D eigenvalue weighted by atomic mass is 79.9. The maximum atomic E-state index is 13.3. The Bertz CT molecular complexity index is 1300. The van der Waals surface area contributed by atoms with E-state index < -0.39 is 11.9 Å². The van der Waals surface area contributed by atoms with Crippen LogP contribution in [-0.4, -0.2) is 34.1 Å². The van der Waals surface area contributed by atoms with Gasteiger partial charge in [-0.15, -0.1) is 0 Å². The minimum Gasteiger partial charge on any atom is -0.487 e. The van der Waals surface area contributed by atoms with Crippen LogP contribution in [0.25, 0.3) is 0 Å². The Balaban J connectivity index is 1.57. The van der Waals surface area contributed by atoms with Crippen molar-refractivity contribution >= 4 is 49.4 Å². The number of carboxylic acid groups (broad SMARTS) is 1. The Kier molecular flexibility index (Phi) is 7.36. The highest BCUT2D eigenvalue weighted by molar-refractivity contribution is 9.11. The molecular formula is C28H24Br2FNO5. The maximum absolute atomic E-state index is 13.3. The van der Waals surface area contributed by atoms with E-state index >= 15 is 0 Å². The molecule has 1 aliphatic heterocycles. The number of carboxylic acids is 1. The highest BCUT2D eigenvalue weighted by Gasteiger charge is 2.44. The third-order valence-electron chi connectivity index (χ3n) is 7.03. The van der Waals surface area contributed by atoms with Crippen LogP contribution in [0.5, 0.6) is 5.75 Å². The van der Waals surface area contributed by atoms with Gasteiger partial charge in [0, 0.05) is 41.3 Å². The summed E-state index contributed by atoms with van der Waals surface area (Å²) in [5.74, 6) is -1.42. The fourth-order valence-electron chi connectivity index (χ4n) is 5.50. The third kappa shape index (κ3) is 5.03. The van der Waals surface area contributed by atoms with E-state index in [9.17, 15) is 23.9 Å². The second-order valence-corrected chi connectivity index (χ2v) is 11.1. The number of allylic oxidation sites excluding steroid dienone is 4. The molecule has 0 bridgehead atoms. The Morgan fingerprint density at radius 2 is 1.49 bits per heavy atom. The average molecular weight is 633 g/mol. The first kappa shape index (κ1) is 25.9. The molecule has 3 aliphatic rings. The van der Waals surface area contributed by atoms with Gasteiger partial charge >= 0.3 is 5.97 Å². The summed E-state index contributed by atoms with van der Waals surface area (Å²) >= 11 is 7.19. The number of nitrogens with zero attached hydrogens (tertiary/aromatic N) is 1. The summed E-state index contributed by atoms with van der Waals surface area (Å²) in [5, 5.41) is 9.61. The Hall–Kier alpha value is -2.78. The van der Waals surface area contributed by atoms with E-state index in [1.54, 1.807) is 17.0 Å². The molecule has 0 unspecified atom stereocenters. The topological polar surface area (TPSA) is 83.9 Å². The predicted molar refractivity (Wildman–Crippen MR) is 141 cm³/mol. The van der Waals surface area contributed by atoms with Gasteiger partial charge < -0.3 is 14.7 Å². The lowest BCUT2D eigenvalue weighted by Gasteiger charge is -2.43. The van der Waals surface area contributed by atoms with Crippen molar-refractivity contribution in [2.75, 3.05) is 6.54 Å². The van der Waals surface area contributed by atoms with Crippen LogP contribution >= 0.6 is 31.9 Å². The smallest absolute Gasteiger partial charge is 0.323 e. The number of hydrogen-bond donors (Lipinski definition) is 1. The molecule has 192 valence electrons. The molecule has 2 aliphatic carbocycles. The van der Waals surface area contributed by atoms with Crippen molar-refractivity contribution in [3.05, 3.63) is 84.8 Å². The summed E-state index contributed by atoms with van der Waals surface area (Å²) in [5.41, 5.74) is 4.07. The van der Waals surface area contributed by atoms with Crippen LogP contribution in [0.15, 0.2) is 67.9 Å². The number of hydrogen-bond acceptors (Lipinski definition) is 5. The van der Waals surface area contributed by atoms with E-state index in [1.807, 2.05) is 12.1 Å². The van der Waals surface area contributed by atoms with Gasteiger partial charge in [0.15, 0.2) is 11.6 Å². The van der Waals surface area contributed by atoms with Crippen molar-refractivity contribution in [2.24, 2.45) is 0 Å². The number of carbonyl (C=O) groups excluding carboxylic acids is 2. The number of aliphatic carboxylic acids is 1. The number of benzene rings is 2. The Morgan fingerprint density at radius 1 is 0.946 bits per heavy atom. The number of halogens is 3. The molecule has 37 heavy (non-hydrogen) atoms. The highest BCUT2D eigenvalue weighted by Crippen LogP contribution is 2.50. The Morgan fingerprint density at radius 3 is 2.00 bits per heavy atom. The molecule has 0 spiro atoms. The summed E-state index contributed by atoms with van der Waals surface area (Å²) in [4.78, 5) is 40.1. The van der Waals surface area contributed by atoms with Crippen LogP contribution in [0.3, 0.4) is 0 Å². The molecule has 1 heterocycles. The standard InChI is InChI=1S/C28H24Br2FNO5/c29-18-11-16(12-19(30)28(18)37-14-15-7-9-17(31)10-8-15)25-26-20(3-1-5-22(26)33)32(13-24(35)36)21-4-2-6-23(34)27(21)25/h7-12,25H,1-6,13-14H2,(H,35,36). The van der Waals surface area contributed by atoms with Crippen LogP contribution in [0, 0.1) is 5.82 Å². The first-order chi connectivity index (χ1) is 17.7. The first-order valence-electron chi connectivity index (χ1n) is 12.1. The van der Waals surface area contributed by atoms with E-state index in [-0.39, 0.29) is 30.5 Å². The summed E-state index contributed by atoms with van der Waals surface area (Å²) < 4.78 is 20.5. The van der Waals surface area contributed by atoms with Crippen LogP contribution < -0.4 is 4.74 Å². The lowest BCUT2D eigenvalue weighted by Crippen LogP contribution is -2.41. The van der Waals surface area contributed by atoms with Gasteiger partial charge in [-0.2, -0.15) is 0 Å². The summed E-state index contributed by atoms with van der Waals surface area (Å²) in [6.07, 6.45) is 3.23. The lowest BCUT2D eigenvalue weighted by atomic mass is 9.71. The fraction of sp³-hybridized carbons (Fsp3) is 0.321. The molecule has 0 aromatic heterocycles. The molecule has 2 aromatic carbocycles. The third-order valence-corrected chi connectivity index (χ3v) is 8.21. The van der Waals surface area contributed by atoms with E-state index in [0.717, 1.165) is 22.5 Å². The molecule has 0 amide bonds. The van der Waals surface area contributed by atoms with Gasteiger partial charge in [-0.3, -0.25) is 14.4 Å². The molecule has 2 aromatic rings. The van der Waals surface area contributed by atoms with Gasteiger partial charge in [-0.25, -0.2) is 4.39 Å². The first-order valence-corrected chi connectivity index (χ1v) is 13.7. The molecule has 0 atom stereocenters. The second kappa shape index (κ2) is 10.5. The zero-order chi connectivity index (χ0) is 26.3. The van der Waals surface area contributed by atoms with E-state index in [1.165, 1.54) is 12.1 Å². The van der Waals surface area contributed by atoms with Crippen molar-refractivity contribution in [3.8, 4) is 5.75 Å². The van der Waals surface area contributed by atoms with Gasteiger partial charge in [-0.05, 0) is 92.9 Å². The number of ketones is 2. The molecule has 9 heteroatoms. The van der Waals surface area contributed by atoms with E-state index in [0.29, 0.717) is 64.4 Å². The van der Waals surface area contributed by atoms with Gasteiger partial charge in [0.25, 0.3) is 0 Å². The molecule has 0 saturated heterocycles. The number of carbonyl (C=O) groups is 3. The van der Waals surface area contributed by atoms with Crippen LogP contribution in [0.2, 0.25) is 0 Å². The zero-order valence-corrected chi connectivity index (χ0v) is 23.0. The van der Waals surface area contributed by atoms with Crippen LogP contribution in [0.4, 0.5) is 4.39 Å². The molecule has 0 radical (unpaired) electrons. The molecule has 1 N–H and O–H groups in total. The van der Waals surface area contributed by atoms with E-state index in [2.05, 4.69) is 31.9 Å². The van der Waals surface area contributed by atoms with Crippen LogP contribution in [-0.2, 0) is 21.0 Å². The molecule has 5 rings (SSSR count). The minimum atomic E-state index is -0.999. The quantitative estimate of drug-likeness (QED) is 0.395. The summed E-state index contributed by atoms with van der Waals surface area (Å²) in [7, 11) is 0. The number of ether oxygens (including phenoxy) is 1. The minimum absolute atomic E-state index is 0.0459. The number of rotatable bonds is 6. The average Bonchev–Trinajstić information content (AvgIpc) is 2.85. The van der Waals surface area contributed by atoms with E-state index in [4.69, 9.17) is 4.74 Å². The molecule has 0 fully saturated rings. The van der Waals surface area contributed by atoms with Crippen molar-refractivity contribution in [1.82, 2.24) is 4.90 Å². The summed E-state index contributed by atoms with van der Waals surface area (Å²) in [6.45, 7) is -0.0412. The van der Waals surface area contributed by atoms with Crippen LogP contribution in [0.1, 0.15) is 55.6 Å². The number of Topliss-reactive ketones (excluding diaryl/α,β-unsaturated/α-hetero) is 2. The largest absolute Gasteiger partial charge is 0.487 e. The zero-order valence-electron chi connectivity index (χ0n) is 19.9. The van der Waals surface area contributed by atoms with Gasteiger partial charge in [0.1, 0.15) is 24.7 Å². The van der Waals surface area contributed by atoms with Crippen molar-refractivity contribution in [2.45, 2.75) is 51.0 Å². The van der Waals surface area contributed by atoms with Crippen molar-refractivity contribution < 1.29 is 28.6 Å². The maximum Gasteiger partial charge on any atom is 0.323 e. The Labute approximate surface area is 230 Å². The lowest BCUT2D eigenvalue weighted by molar-refractivity contribution is -0.138.